The van der Waals surface area contributed by atoms with Gasteiger partial charge in [-0.15, -0.1) is 11.3 Å². The molecular formula is C22H24N4OS. The summed E-state index contributed by atoms with van der Waals surface area (Å²) in [4.78, 5) is 26.1. The molecule has 0 unspecified atom stereocenters. The number of carbonyl (C=O) groups excluding carboxylic acids is 1. The Morgan fingerprint density at radius 2 is 1.89 bits per heavy atom. The maximum Gasteiger partial charge on any atom is 0.223 e. The van der Waals surface area contributed by atoms with Crippen LogP contribution in [-0.2, 0) is 17.8 Å². The highest BCUT2D eigenvalue weighted by molar-refractivity contribution is 7.17. The lowest BCUT2D eigenvalue weighted by Crippen LogP contribution is -2.39. The van der Waals surface area contributed by atoms with Crippen LogP contribution in [0, 0.1) is 5.92 Å². The summed E-state index contributed by atoms with van der Waals surface area (Å²) in [6.07, 6.45) is 5.41. The van der Waals surface area contributed by atoms with Gasteiger partial charge in [-0.3, -0.25) is 4.79 Å². The lowest BCUT2D eigenvalue weighted by atomic mass is 9.92. The van der Waals surface area contributed by atoms with Gasteiger partial charge in [0.15, 0.2) is 0 Å². The highest BCUT2D eigenvalue weighted by Crippen LogP contribution is 2.32. The minimum atomic E-state index is 0.315. The third-order valence-corrected chi connectivity index (χ3v) is 6.98. The summed E-state index contributed by atoms with van der Waals surface area (Å²) < 4.78 is 1.17. The fraction of sp³-hybridized carbons (Fsp3) is 0.409. The SMILES string of the molecule is O=C(CC1CCN(c2ncnc3ccsc23)CC1)N1CCc2ccccc2C1. The fourth-order valence-corrected chi connectivity index (χ4v) is 5.30. The number of aromatic nitrogens is 2. The Balaban J connectivity index is 1.19. The van der Waals surface area contributed by atoms with Gasteiger partial charge >= 0.3 is 0 Å². The lowest BCUT2D eigenvalue weighted by Gasteiger charge is -2.34. The van der Waals surface area contributed by atoms with E-state index in [1.165, 1.54) is 15.8 Å². The number of thiophene rings is 1. The number of hydrogen-bond donors (Lipinski definition) is 0. The third kappa shape index (κ3) is 3.37. The van der Waals surface area contributed by atoms with Crippen molar-refractivity contribution in [1.29, 1.82) is 0 Å². The number of piperidine rings is 1. The number of amides is 1. The fourth-order valence-electron chi connectivity index (χ4n) is 4.43. The van der Waals surface area contributed by atoms with Gasteiger partial charge in [0.2, 0.25) is 5.91 Å². The van der Waals surface area contributed by atoms with Gasteiger partial charge in [0, 0.05) is 32.6 Å². The molecule has 2 aromatic heterocycles. The molecule has 2 aliphatic rings. The second kappa shape index (κ2) is 7.51. The number of carbonyl (C=O) groups is 1. The summed E-state index contributed by atoms with van der Waals surface area (Å²) in [6, 6.07) is 10.5. The van der Waals surface area contributed by atoms with Crippen LogP contribution in [0.25, 0.3) is 10.2 Å². The van der Waals surface area contributed by atoms with Crippen LogP contribution >= 0.6 is 11.3 Å². The quantitative estimate of drug-likeness (QED) is 0.679. The molecule has 28 heavy (non-hydrogen) atoms. The van der Waals surface area contributed by atoms with Gasteiger partial charge in [-0.25, -0.2) is 9.97 Å². The predicted molar refractivity (Wildman–Crippen MR) is 113 cm³/mol. The highest BCUT2D eigenvalue weighted by Gasteiger charge is 2.27. The topological polar surface area (TPSA) is 49.3 Å². The first-order valence-corrected chi connectivity index (χ1v) is 10.9. The zero-order valence-electron chi connectivity index (χ0n) is 15.9. The summed E-state index contributed by atoms with van der Waals surface area (Å²) in [5.74, 6) is 1.84. The van der Waals surface area contributed by atoms with E-state index in [4.69, 9.17) is 0 Å². The van der Waals surface area contributed by atoms with Crippen LogP contribution in [0.15, 0.2) is 42.0 Å². The summed E-state index contributed by atoms with van der Waals surface area (Å²) in [7, 11) is 0. The maximum absolute atomic E-state index is 12.9. The van der Waals surface area contributed by atoms with Crippen molar-refractivity contribution in [3.8, 4) is 0 Å². The second-order valence-corrected chi connectivity index (χ2v) is 8.72. The molecule has 1 aromatic carbocycles. The molecule has 0 saturated carbocycles. The molecule has 3 aromatic rings. The average Bonchev–Trinajstić information content (AvgIpc) is 3.23. The van der Waals surface area contributed by atoms with Crippen molar-refractivity contribution in [1.82, 2.24) is 14.9 Å². The number of rotatable bonds is 3. The van der Waals surface area contributed by atoms with Crippen LogP contribution in [-0.4, -0.2) is 40.4 Å². The van der Waals surface area contributed by atoms with Gasteiger partial charge in [0.25, 0.3) is 0 Å². The maximum atomic E-state index is 12.9. The first-order valence-electron chi connectivity index (χ1n) is 10.1. The molecule has 5 nitrogen and oxygen atoms in total. The Bertz CT molecular complexity index is 993. The molecule has 0 N–H and O–H groups in total. The molecule has 1 saturated heterocycles. The minimum Gasteiger partial charge on any atom is -0.355 e. The molecule has 6 heteroatoms. The van der Waals surface area contributed by atoms with Crippen molar-refractivity contribution >= 4 is 33.3 Å². The van der Waals surface area contributed by atoms with E-state index in [1.54, 1.807) is 17.7 Å². The summed E-state index contributed by atoms with van der Waals surface area (Å²) in [6.45, 7) is 3.55. The van der Waals surface area contributed by atoms with E-state index in [9.17, 15) is 4.79 Å². The van der Waals surface area contributed by atoms with Crippen molar-refractivity contribution < 1.29 is 4.79 Å². The first-order chi connectivity index (χ1) is 13.8. The molecule has 2 aliphatic heterocycles. The normalized spacial score (nSPS) is 17.7. The van der Waals surface area contributed by atoms with Gasteiger partial charge in [-0.2, -0.15) is 0 Å². The van der Waals surface area contributed by atoms with Crippen molar-refractivity contribution in [2.24, 2.45) is 5.92 Å². The number of anilines is 1. The first kappa shape index (κ1) is 17.6. The molecule has 0 bridgehead atoms. The van der Waals surface area contributed by atoms with Crippen LogP contribution in [0.4, 0.5) is 5.82 Å². The van der Waals surface area contributed by atoms with Gasteiger partial charge in [-0.05, 0) is 47.8 Å². The van der Waals surface area contributed by atoms with Crippen LogP contribution in [0.2, 0.25) is 0 Å². The van der Waals surface area contributed by atoms with Crippen LogP contribution < -0.4 is 4.90 Å². The van der Waals surface area contributed by atoms with Crippen molar-refractivity contribution in [2.75, 3.05) is 24.5 Å². The minimum absolute atomic E-state index is 0.315. The summed E-state index contributed by atoms with van der Waals surface area (Å²) in [5.41, 5.74) is 3.72. The zero-order chi connectivity index (χ0) is 18.9. The van der Waals surface area contributed by atoms with Crippen molar-refractivity contribution in [3.63, 3.8) is 0 Å². The molecule has 4 heterocycles. The van der Waals surface area contributed by atoms with Crippen LogP contribution in [0.1, 0.15) is 30.4 Å². The van der Waals surface area contributed by atoms with E-state index in [2.05, 4.69) is 44.5 Å². The lowest BCUT2D eigenvalue weighted by molar-refractivity contribution is -0.133. The number of hydrogen-bond acceptors (Lipinski definition) is 5. The zero-order valence-corrected chi connectivity index (χ0v) is 16.7. The highest BCUT2D eigenvalue weighted by atomic mass is 32.1. The monoisotopic (exact) mass is 392 g/mol. The number of fused-ring (bicyclic) bond motifs is 2. The molecule has 0 spiro atoms. The smallest absolute Gasteiger partial charge is 0.223 e. The molecule has 0 radical (unpaired) electrons. The number of benzene rings is 1. The Morgan fingerprint density at radius 1 is 1.07 bits per heavy atom. The number of nitrogens with zero attached hydrogens (tertiary/aromatic N) is 4. The standard InChI is InChI=1S/C22H24N4OS/c27-20(26-11-7-17-3-1-2-4-18(17)14-26)13-16-5-9-25(10-6-16)22-21-19(8-12-28-21)23-15-24-22/h1-4,8,12,15-16H,5-7,9-11,13-14H2. The van der Waals surface area contributed by atoms with Gasteiger partial charge in [0.1, 0.15) is 12.1 Å². The Morgan fingerprint density at radius 3 is 2.75 bits per heavy atom. The van der Waals surface area contributed by atoms with E-state index < -0.39 is 0 Å². The van der Waals surface area contributed by atoms with E-state index in [1.807, 2.05) is 11.0 Å². The Kier molecular flexibility index (Phi) is 4.72. The molecule has 0 aliphatic carbocycles. The van der Waals surface area contributed by atoms with Crippen molar-refractivity contribution in [3.05, 3.63) is 53.2 Å². The van der Waals surface area contributed by atoms with Gasteiger partial charge < -0.3 is 9.80 Å². The van der Waals surface area contributed by atoms with Gasteiger partial charge in [0.05, 0.1) is 10.2 Å². The van der Waals surface area contributed by atoms with Crippen LogP contribution in [0.3, 0.4) is 0 Å². The Labute approximate surface area is 169 Å². The van der Waals surface area contributed by atoms with Crippen molar-refractivity contribution in [2.45, 2.75) is 32.2 Å². The molecule has 144 valence electrons. The second-order valence-electron chi connectivity index (χ2n) is 7.80. The largest absolute Gasteiger partial charge is 0.355 e. The Hall–Kier alpha value is -2.47. The summed E-state index contributed by atoms with van der Waals surface area (Å²) in [5, 5.41) is 2.07. The molecule has 5 rings (SSSR count). The van der Waals surface area contributed by atoms with E-state index >= 15 is 0 Å². The average molecular weight is 393 g/mol. The molecule has 0 atom stereocenters. The predicted octanol–water partition coefficient (Wildman–Crippen LogP) is 3.88. The van der Waals surface area contributed by atoms with Gasteiger partial charge in [-0.1, -0.05) is 24.3 Å². The molecule has 1 amide bonds. The van der Waals surface area contributed by atoms with E-state index in [0.29, 0.717) is 18.2 Å². The van der Waals surface area contributed by atoms with E-state index in [0.717, 1.165) is 56.8 Å². The van der Waals surface area contributed by atoms with E-state index in [-0.39, 0.29) is 0 Å². The third-order valence-electron chi connectivity index (χ3n) is 6.09. The van der Waals surface area contributed by atoms with Crippen LogP contribution in [0.5, 0.6) is 0 Å². The molecule has 1 fully saturated rings. The molecular weight excluding hydrogens is 368 g/mol. The summed E-state index contributed by atoms with van der Waals surface area (Å²) >= 11 is 1.70.